The van der Waals surface area contributed by atoms with Gasteiger partial charge in [-0.3, -0.25) is 14.4 Å². The maximum Gasteiger partial charge on any atom is 0.247 e. The van der Waals surface area contributed by atoms with Crippen molar-refractivity contribution in [1.29, 1.82) is 0 Å². The van der Waals surface area contributed by atoms with Gasteiger partial charge in [-0.05, 0) is 31.4 Å². The van der Waals surface area contributed by atoms with Crippen molar-refractivity contribution in [3.63, 3.8) is 0 Å². The molecule has 3 saturated heterocycles. The number of ether oxygens (including phenoxy) is 1. The standard InChI is InChI=1S/C22H28N6O5/c1-12-10-22-16(15(18(30)23-3)21(12,2)33-22)20(32)27(8-9-29)17(22)19(31)24-11-28-14-7-5-4-6-13(14)25-26-28/h4-7,12,15-17,29H,8-11H2,1-3H3,(H,23,30)(H,24,31)/t12?,15-,16-,17?,21+,22?/m0/s1. The van der Waals surface area contributed by atoms with Gasteiger partial charge in [0.1, 0.15) is 23.8 Å². The summed E-state index contributed by atoms with van der Waals surface area (Å²) in [6, 6.07) is 6.43. The Morgan fingerprint density at radius 3 is 2.79 bits per heavy atom. The number of carbonyl (C=O) groups is 3. The molecular formula is C22H28N6O5. The number of aromatic nitrogens is 3. The molecule has 0 aliphatic carbocycles. The minimum Gasteiger partial charge on any atom is -0.395 e. The van der Waals surface area contributed by atoms with Gasteiger partial charge >= 0.3 is 0 Å². The molecule has 3 unspecified atom stereocenters. The molecule has 11 heteroatoms. The molecule has 176 valence electrons. The number of hydrogen-bond acceptors (Lipinski definition) is 7. The minimum atomic E-state index is -1.13. The van der Waals surface area contributed by atoms with Crippen LogP contribution in [-0.4, -0.2) is 80.2 Å². The topological polar surface area (TPSA) is 139 Å². The molecule has 1 aromatic carbocycles. The van der Waals surface area contributed by atoms with E-state index < -0.39 is 35.0 Å². The lowest BCUT2D eigenvalue weighted by Gasteiger charge is -2.36. The molecule has 3 aliphatic heterocycles. The average Bonchev–Trinajstić information content (AvgIpc) is 3.46. The number of aliphatic hydroxyl groups excluding tert-OH is 1. The fourth-order valence-corrected chi connectivity index (χ4v) is 6.23. The highest BCUT2D eigenvalue weighted by atomic mass is 16.5. The molecule has 11 nitrogen and oxygen atoms in total. The van der Waals surface area contributed by atoms with Gasteiger partial charge in [-0.15, -0.1) is 5.10 Å². The Morgan fingerprint density at radius 2 is 2.06 bits per heavy atom. The van der Waals surface area contributed by atoms with E-state index in [1.165, 1.54) is 11.9 Å². The third kappa shape index (κ3) is 2.85. The summed E-state index contributed by atoms with van der Waals surface area (Å²) >= 11 is 0. The summed E-state index contributed by atoms with van der Waals surface area (Å²) in [5, 5.41) is 23.3. The van der Waals surface area contributed by atoms with Gasteiger partial charge < -0.3 is 25.4 Å². The Bertz CT molecular complexity index is 1140. The van der Waals surface area contributed by atoms with Crippen LogP contribution in [0.5, 0.6) is 0 Å². The van der Waals surface area contributed by atoms with Crippen molar-refractivity contribution in [2.75, 3.05) is 20.2 Å². The van der Waals surface area contributed by atoms with Crippen molar-refractivity contribution < 1.29 is 24.2 Å². The van der Waals surface area contributed by atoms with Crippen LogP contribution in [0.3, 0.4) is 0 Å². The fourth-order valence-electron chi connectivity index (χ4n) is 6.23. The number of amides is 3. The molecule has 3 N–H and O–H groups in total. The zero-order valence-electron chi connectivity index (χ0n) is 18.8. The van der Waals surface area contributed by atoms with Gasteiger partial charge in [-0.1, -0.05) is 24.3 Å². The van der Waals surface area contributed by atoms with Crippen LogP contribution in [-0.2, 0) is 25.8 Å². The van der Waals surface area contributed by atoms with E-state index in [0.29, 0.717) is 11.9 Å². The van der Waals surface area contributed by atoms with E-state index in [0.717, 1.165) is 5.52 Å². The number of β-amino-alcohol motifs (C(OH)–C–C–N with tert-alkyl or cyclic N) is 1. The second-order valence-corrected chi connectivity index (χ2v) is 9.35. The van der Waals surface area contributed by atoms with E-state index in [4.69, 9.17) is 4.74 Å². The number of likely N-dealkylation sites (tertiary alicyclic amines) is 1. The lowest BCUT2D eigenvalue weighted by atomic mass is 9.62. The molecule has 4 heterocycles. The highest BCUT2D eigenvalue weighted by Crippen LogP contribution is 2.65. The van der Waals surface area contributed by atoms with Crippen LogP contribution in [0.15, 0.2) is 24.3 Å². The molecule has 3 aliphatic rings. The van der Waals surface area contributed by atoms with Gasteiger partial charge in [0.15, 0.2) is 0 Å². The summed E-state index contributed by atoms with van der Waals surface area (Å²) in [5.41, 5.74) is -0.517. The molecule has 33 heavy (non-hydrogen) atoms. The van der Waals surface area contributed by atoms with Crippen LogP contribution in [0.4, 0.5) is 0 Å². The maximum atomic E-state index is 13.6. The first kappa shape index (κ1) is 21.8. The largest absolute Gasteiger partial charge is 0.395 e. The number of aliphatic hydroxyl groups is 1. The number of benzene rings is 1. The number of para-hydroxylation sites is 1. The molecule has 3 fully saturated rings. The van der Waals surface area contributed by atoms with Gasteiger partial charge in [0.2, 0.25) is 17.7 Å². The quantitative estimate of drug-likeness (QED) is 0.520. The molecule has 6 atom stereocenters. The monoisotopic (exact) mass is 456 g/mol. The van der Waals surface area contributed by atoms with Crippen molar-refractivity contribution in [3.8, 4) is 0 Å². The first-order valence-corrected chi connectivity index (χ1v) is 11.2. The van der Waals surface area contributed by atoms with Gasteiger partial charge in [0, 0.05) is 13.6 Å². The predicted molar refractivity (Wildman–Crippen MR) is 115 cm³/mol. The first-order valence-electron chi connectivity index (χ1n) is 11.2. The lowest BCUT2D eigenvalue weighted by Crippen LogP contribution is -2.56. The van der Waals surface area contributed by atoms with Crippen molar-refractivity contribution >= 4 is 28.8 Å². The molecule has 3 amide bonds. The highest BCUT2D eigenvalue weighted by Gasteiger charge is 2.79. The molecular weight excluding hydrogens is 428 g/mol. The number of nitrogens with zero attached hydrogens (tertiary/aromatic N) is 4. The molecule has 2 bridgehead atoms. The first-order chi connectivity index (χ1) is 15.8. The number of hydrogen-bond donors (Lipinski definition) is 3. The molecule has 5 rings (SSSR count). The van der Waals surface area contributed by atoms with E-state index in [9.17, 15) is 19.5 Å². The maximum absolute atomic E-state index is 13.6. The fraction of sp³-hybridized carbons (Fsp3) is 0.591. The van der Waals surface area contributed by atoms with Crippen molar-refractivity contribution in [2.24, 2.45) is 17.8 Å². The molecule has 1 aromatic heterocycles. The average molecular weight is 457 g/mol. The summed E-state index contributed by atoms with van der Waals surface area (Å²) in [4.78, 5) is 41.3. The third-order valence-electron chi connectivity index (χ3n) is 7.76. The number of rotatable bonds is 6. The summed E-state index contributed by atoms with van der Waals surface area (Å²) in [6.07, 6.45) is 0.472. The third-order valence-corrected chi connectivity index (χ3v) is 7.76. The molecule has 1 spiro atoms. The van der Waals surface area contributed by atoms with Crippen LogP contribution in [0.25, 0.3) is 11.0 Å². The van der Waals surface area contributed by atoms with E-state index >= 15 is 0 Å². The Labute approximate surface area is 190 Å². The lowest BCUT2D eigenvalue weighted by molar-refractivity contribution is -0.148. The smallest absolute Gasteiger partial charge is 0.247 e. The van der Waals surface area contributed by atoms with Crippen LogP contribution in [0.1, 0.15) is 20.3 Å². The number of fused-ring (bicyclic) bond motifs is 2. The Kier molecular flexibility index (Phi) is 4.94. The van der Waals surface area contributed by atoms with Crippen LogP contribution in [0.2, 0.25) is 0 Å². The Morgan fingerprint density at radius 1 is 1.30 bits per heavy atom. The second-order valence-electron chi connectivity index (χ2n) is 9.35. The zero-order chi connectivity index (χ0) is 23.5. The SMILES string of the molecule is CNC(=O)[C@@H]1[C@H]2C(=O)N(CCO)C(C(=O)NCn3nnc4ccccc43)C23CC(C)[C@@]1(C)O3. The summed E-state index contributed by atoms with van der Waals surface area (Å²) in [6.45, 7) is 3.57. The van der Waals surface area contributed by atoms with Crippen molar-refractivity contribution in [3.05, 3.63) is 24.3 Å². The number of nitrogens with one attached hydrogen (secondary N) is 2. The Balaban J connectivity index is 1.48. The Hall–Kier alpha value is -3.05. The van der Waals surface area contributed by atoms with Crippen molar-refractivity contribution in [2.45, 2.75) is 44.2 Å². The van der Waals surface area contributed by atoms with Gasteiger partial charge in [-0.25, -0.2) is 4.68 Å². The van der Waals surface area contributed by atoms with E-state index in [-0.39, 0.29) is 37.6 Å². The van der Waals surface area contributed by atoms with E-state index in [1.54, 1.807) is 4.68 Å². The summed E-state index contributed by atoms with van der Waals surface area (Å²) in [5.74, 6) is -2.55. The summed E-state index contributed by atoms with van der Waals surface area (Å²) in [7, 11) is 1.53. The summed E-state index contributed by atoms with van der Waals surface area (Å²) < 4.78 is 8.08. The minimum absolute atomic E-state index is 0.0175. The van der Waals surface area contributed by atoms with Crippen LogP contribution >= 0.6 is 0 Å². The molecule has 0 radical (unpaired) electrons. The molecule has 2 aromatic rings. The van der Waals surface area contributed by atoms with E-state index in [2.05, 4.69) is 20.9 Å². The normalized spacial score (nSPS) is 34.7. The predicted octanol–water partition coefficient (Wildman–Crippen LogP) is -0.746. The van der Waals surface area contributed by atoms with E-state index in [1.807, 2.05) is 38.1 Å². The zero-order valence-corrected chi connectivity index (χ0v) is 18.8. The highest BCUT2D eigenvalue weighted by molar-refractivity contribution is 5.99. The van der Waals surface area contributed by atoms with Crippen molar-refractivity contribution in [1.82, 2.24) is 30.5 Å². The van der Waals surface area contributed by atoms with Gasteiger partial charge in [0.25, 0.3) is 0 Å². The van der Waals surface area contributed by atoms with Gasteiger partial charge in [-0.2, -0.15) is 0 Å². The number of carbonyl (C=O) groups excluding carboxylic acids is 3. The second kappa shape index (κ2) is 7.49. The van der Waals surface area contributed by atoms with Crippen LogP contribution in [0, 0.1) is 17.8 Å². The van der Waals surface area contributed by atoms with Crippen LogP contribution < -0.4 is 10.6 Å². The molecule has 0 saturated carbocycles. The van der Waals surface area contributed by atoms with Gasteiger partial charge in [0.05, 0.1) is 29.6 Å².